The molecule has 1 rings (SSSR count). The average molecular weight is 315 g/mol. The van der Waals surface area contributed by atoms with E-state index in [0.717, 1.165) is 0 Å². The van der Waals surface area contributed by atoms with Crippen molar-refractivity contribution in [2.75, 3.05) is 6.61 Å². The fraction of sp³-hybridized carbons (Fsp3) is 0.455. The van der Waals surface area contributed by atoms with Crippen LogP contribution in [-0.2, 0) is 16.0 Å². The van der Waals surface area contributed by atoms with E-state index in [1.807, 2.05) is 0 Å². The number of hydrogen-bond acceptors (Lipinski definition) is 4. The number of ether oxygens (including phenoxy) is 2. The number of nitrogens with one attached hydrogen (secondary N) is 1. The molecule has 5 nitrogen and oxygen atoms in total. The van der Waals surface area contributed by atoms with Crippen molar-refractivity contribution in [2.24, 2.45) is 0 Å². The second-order valence-electron chi connectivity index (χ2n) is 3.73. The molecule has 0 amide bonds. The number of aromatic amines is 1. The van der Waals surface area contributed by atoms with Crippen LogP contribution in [0.15, 0.2) is 10.9 Å². The molecule has 0 aliphatic carbocycles. The summed E-state index contributed by atoms with van der Waals surface area (Å²) in [4.78, 5) is 24.5. The monoisotopic (exact) mass is 315 g/mol. The molecule has 0 spiro atoms. The van der Waals surface area contributed by atoms with Gasteiger partial charge >= 0.3 is 12.3 Å². The molecule has 0 saturated heterocycles. The van der Waals surface area contributed by atoms with Crippen LogP contribution in [0.3, 0.4) is 0 Å². The van der Waals surface area contributed by atoms with Crippen LogP contribution in [0.25, 0.3) is 0 Å². The smallest absolute Gasteiger partial charge is 0.466 e. The van der Waals surface area contributed by atoms with Crippen LogP contribution in [0.1, 0.15) is 24.6 Å². The number of halogens is 5. The van der Waals surface area contributed by atoms with Gasteiger partial charge in [-0.3, -0.25) is 9.59 Å². The third-order valence-electron chi connectivity index (χ3n) is 2.20. The van der Waals surface area contributed by atoms with Crippen molar-refractivity contribution < 1.29 is 36.2 Å². The SMILES string of the molecule is CCOC(=O)Cc1c(OC(F)(F)F)[nH]c(C(F)F)cc1=O. The number of aromatic nitrogens is 1. The van der Waals surface area contributed by atoms with Crippen LogP contribution >= 0.6 is 0 Å². The molecule has 0 bridgehead atoms. The first-order chi connectivity index (χ1) is 9.64. The van der Waals surface area contributed by atoms with Crippen molar-refractivity contribution in [3.8, 4) is 5.88 Å². The fourth-order valence-corrected chi connectivity index (χ4v) is 1.43. The lowest BCUT2D eigenvalue weighted by Crippen LogP contribution is -2.24. The molecular weight excluding hydrogens is 305 g/mol. The Hall–Kier alpha value is -2.13. The summed E-state index contributed by atoms with van der Waals surface area (Å²) in [6, 6.07) is 0.405. The molecule has 10 heteroatoms. The summed E-state index contributed by atoms with van der Waals surface area (Å²) in [5.74, 6) is -2.24. The van der Waals surface area contributed by atoms with Crippen molar-refractivity contribution >= 4 is 5.97 Å². The van der Waals surface area contributed by atoms with Crippen LogP contribution in [0.2, 0.25) is 0 Å². The topological polar surface area (TPSA) is 68.4 Å². The van der Waals surface area contributed by atoms with Gasteiger partial charge in [0.2, 0.25) is 5.88 Å². The van der Waals surface area contributed by atoms with E-state index in [1.54, 1.807) is 4.98 Å². The highest BCUT2D eigenvalue weighted by atomic mass is 19.4. The zero-order valence-electron chi connectivity index (χ0n) is 10.6. The van der Waals surface area contributed by atoms with Gasteiger partial charge in [-0.2, -0.15) is 0 Å². The molecule has 0 saturated carbocycles. The molecule has 0 radical (unpaired) electrons. The highest BCUT2D eigenvalue weighted by Gasteiger charge is 2.34. The standard InChI is InChI=1S/C11H10F5NO4/c1-2-20-8(19)3-5-7(18)4-6(9(12)13)17-10(5)21-11(14,15)16/h4,9H,2-3H2,1H3,(H,17,18). The van der Waals surface area contributed by atoms with Gasteiger partial charge in [0.1, 0.15) is 0 Å². The Labute approximate surface area is 114 Å². The molecule has 21 heavy (non-hydrogen) atoms. The van der Waals surface area contributed by atoms with Gasteiger partial charge in [0.15, 0.2) is 5.43 Å². The van der Waals surface area contributed by atoms with Gasteiger partial charge in [-0.1, -0.05) is 0 Å². The van der Waals surface area contributed by atoms with Gasteiger partial charge in [-0.05, 0) is 6.92 Å². The maximum Gasteiger partial charge on any atom is 0.574 e. The predicted molar refractivity (Wildman–Crippen MR) is 59.0 cm³/mol. The van der Waals surface area contributed by atoms with E-state index in [9.17, 15) is 31.5 Å². The van der Waals surface area contributed by atoms with Crippen molar-refractivity contribution in [2.45, 2.75) is 26.1 Å². The zero-order chi connectivity index (χ0) is 16.2. The highest BCUT2D eigenvalue weighted by Crippen LogP contribution is 2.26. The van der Waals surface area contributed by atoms with Crippen molar-refractivity contribution in [3.05, 3.63) is 27.5 Å². The second kappa shape index (κ2) is 6.55. The maximum absolute atomic E-state index is 12.5. The lowest BCUT2D eigenvalue weighted by Gasteiger charge is -2.13. The van der Waals surface area contributed by atoms with Crippen molar-refractivity contribution in [1.29, 1.82) is 0 Å². The molecule has 1 aromatic heterocycles. The number of carbonyl (C=O) groups excluding carboxylic acids is 1. The molecule has 0 aliphatic rings. The summed E-state index contributed by atoms with van der Waals surface area (Å²) in [6.45, 7) is 1.40. The largest absolute Gasteiger partial charge is 0.574 e. The van der Waals surface area contributed by atoms with Crippen LogP contribution in [0, 0.1) is 0 Å². The molecule has 0 aromatic carbocycles. The normalized spacial score (nSPS) is 11.6. The quantitative estimate of drug-likeness (QED) is 0.669. The minimum absolute atomic E-state index is 0.0542. The summed E-state index contributed by atoms with van der Waals surface area (Å²) in [5.41, 5.74) is -2.97. The number of pyridine rings is 1. The summed E-state index contributed by atoms with van der Waals surface area (Å²) < 4.78 is 69.6. The fourth-order valence-electron chi connectivity index (χ4n) is 1.43. The Kier molecular flexibility index (Phi) is 5.28. The predicted octanol–water partition coefficient (Wildman–Crippen LogP) is 2.32. The van der Waals surface area contributed by atoms with E-state index in [4.69, 9.17) is 0 Å². The van der Waals surface area contributed by atoms with Gasteiger partial charge < -0.3 is 14.5 Å². The number of esters is 1. The van der Waals surface area contributed by atoms with Gasteiger partial charge in [-0.15, -0.1) is 13.2 Å². The Balaban J connectivity index is 3.26. The first kappa shape index (κ1) is 16.9. The van der Waals surface area contributed by atoms with Crippen LogP contribution in [0.5, 0.6) is 5.88 Å². The molecular formula is C11H10F5NO4. The molecule has 0 unspecified atom stereocenters. The maximum atomic E-state index is 12.5. The third kappa shape index (κ3) is 5.04. The summed E-state index contributed by atoms with van der Waals surface area (Å²) >= 11 is 0. The lowest BCUT2D eigenvalue weighted by atomic mass is 10.1. The first-order valence-electron chi connectivity index (χ1n) is 5.59. The minimum atomic E-state index is -5.22. The molecule has 118 valence electrons. The van der Waals surface area contributed by atoms with Crippen molar-refractivity contribution in [3.63, 3.8) is 0 Å². The Morgan fingerprint density at radius 3 is 2.48 bits per heavy atom. The van der Waals surface area contributed by atoms with Crippen molar-refractivity contribution in [1.82, 2.24) is 4.98 Å². The van der Waals surface area contributed by atoms with Gasteiger partial charge in [0.05, 0.1) is 24.3 Å². The van der Waals surface area contributed by atoms with E-state index >= 15 is 0 Å². The van der Waals surface area contributed by atoms with Gasteiger partial charge in [0, 0.05) is 6.07 Å². The molecule has 0 aliphatic heterocycles. The number of hydrogen-bond donors (Lipinski definition) is 1. The summed E-state index contributed by atoms with van der Waals surface area (Å²) in [7, 11) is 0. The molecule has 0 atom stereocenters. The number of carbonyl (C=O) groups is 1. The second-order valence-corrected chi connectivity index (χ2v) is 3.73. The minimum Gasteiger partial charge on any atom is -0.466 e. The molecule has 1 aromatic rings. The molecule has 0 fully saturated rings. The van der Waals surface area contributed by atoms with Crippen LogP contribution in [-0.4, -0.2) is 23.9 Å². The van der Waals surface area contributed by atoms with E-state index < -0.39 is 47.7 Å². The lowest BCUT2D eigenvalue weighted by molar-refractivity contribution is -0.276. The van der Waals surface area contributed by atoms with Gasteiger partial charge in [0.25, 0.3) is 6.43 Å². The van der Waals surface area contributed by atoms with E-state index in [-0.39, 0.29) is 6.61 Å². The van der Waals surface area contributed by atoms with Crippen LogP contribution in [0.4, 0.5) is 22.0 Å². The number of H-pyrrole nitrogens is 1. The Bertz CT molecular complexity index is 567. The van der Waals surface area contributed by atoms with E-state index in [2.05, 4.69) is 9.47 Å². The van der Waals surface area contributed by atoms with Gasteiger partial charge in [-0.25, -0.2) is 8.78 Å². The molecule has 1 N–H and O–H groups in total. The Morgan fingerprint density at radius 2 is 2.00 bits per heavy atom. The zero-order valence-corrected chi connectivity index (χ0v) is 10.6. The van der Waals surface area contributed by atoms with Crippen LogP contribution < -0.4 is 10.2 Å². The van der Waals surface area contributed by atoms with E-state index in [0.29, 0.717) is 6.07 Å². The average Bonchev–Trinajstić information content (AvgIpc) is 2.31. The summed E-state index contributed by atoms with van der Waals surface area (Å²) in [5, 5.41) is 0. The number of rotatable bonds is 5. The first-order valence-corrected chi connectivity index (χ1v) is 5.59. The molecule has 1 heterocycles. The third-order valence-corrected chi connectivity index (χ3v) is 2.20. The van der Waals surface area contributed by atoms with E-state index in [1.165, 1.54) is 6.92 Å². The number of alkyl halides is 5. The Morgan fingerprint density at radius 1 is 1.38 bits per heavy atom. The highest BCUT2D eigenvalue weighted by molar-refractivity contribution is 5.73. The summed E-state index contributed by atoms with van der Waals surface area (Å²) in [6.07, 6.45) is -9.25.